The highest BCUT2D eigenvalue weighted by atomic mass is 32.1. The van der Waals surface area contributed by atoms with Crippen LogP contribution in [0.25, 0.3) is 11.4 Å². The van der Waals surface area contributed by atoms with E-state index < -0.39 is 0 Å². The van der Waals surface area contributed by atoms with Crippen molar-refractivity contribution in [2.45, 2.75) is 6.54 Å². The van der Waals surface area contributed by atoms with Crippen LogP contribution in [0.5, 0.6) is 0 Å². The lowest BCUT2D eigenvalue weighted by Crippen LogP contribution is -2.07. The van der Waals surface area contributed by atoms with Crippen LogP contribution in [0.1, 0.15) is 5.82 Å². The Morgan fingerprint density at radius 3 is 3.00 bits per heavy atom. The number of nitrogens with one attached hydrogen (secondary N) is 1. The molecule has 7 nitrogen and oxygen atoms in total. The molecule has 0 aliphatic heterocycles. The van der Waals surface area contributed by atoms with Gasteiger partial charge in [-0.3, -0.25) is 14.6 Å². The van der Waals surface area contributed by atoms with Crippen molar-refractivity contribution >= 4 is 12.2 Å². The Morgan fingerprint density at radius 2 is 2.32 bits per heavy atom. The Hall–Kier alpha value is -2.35. The van der Waals surface area contributed by atoms with Crippen LogP contribution in [-0.2, 0) is 13.6 Å². The summed E-state index contributed by atoms with van der Waals surface area (Å²) in [6.45, 7) is 0.510. The Morgan fingerprint density at radius 1 is 1.42 bits per heavy atom. The minimum atomic E-state index is 0.510. The average molecular weight is 273 g/mol. The molecule has 8 heteroatoms. The molecule has 0 spiro atoms. The standard InChI is InChI=1S/C11H11N7S/c1-17-7-13-14-9(17)6-18-10(15-16-11(18)19)8-3-2-4-12-5-8/h2-5,7H,6H2,1H3,(H,16,19). The van der Waals surface area contributed by atoms with Gasteiger partial charge in [0, 0.05) is 25.0 Å². The van der Waals surface area contributed by atoms with Gasteiger partial charge in [0.25, 0.3) is 0 Å². The summed E-state index contributed by atoms with van der Waals surface area (Å²) in [6, 6.07) is 3.80. The second kappa shape index (κ2) is 4.73. The van der Waals surface area contributed by atoms with Gasteiger partial charge in [0.05, 0.1) is 6.54 Å². The van der Waals surface area contributed by atoms with Crippen molar-refractivity contribution in [3.63, 3.8) is 0 Å². The first-order valence-corrected chi connectivity index (χ1v) is 6.05. The molecule has 3 heterocycles. The number of aromatic amines is 1. The van der Waals surface area contributed by atoms with Crippen molar-refractivity contribution in [3.05, 3.63) is 41.4 Å². The minimum absolute atomic E-state index is 0.510. The lowest BCUT2D eigenvalue weighted by molar-refractivity contribution is 0.694. The molecule has 3 aromatic rings. The molecule has 0 amide bonds. The van der Waals surface area contributed by atoms with E-state index in [1.807, 2.05) is 28.3 Å². The van der Waals surface area contributed by atoms with Crippen LogP contribution in [0, 0.1) is 4.77 Å². The number of nitrogens with zero attached hydrogens (tertiary/aromatic N) is 6. The van der Waals surface area contributed by atoms with E-state index in [1.165, 1.54) is 0 Å². The Balaban J connectivity index is 2.05. The first-order chi connectivity index (χ1) is 9.25. The summed E-state index contributed by atoms with van der Waals surface area (Å²) < 4.78 is 4.26. The maximum Gasteiger partial charge on any atom is 0.195 e. The van der Waals surface area contributed by atoms with Crippen molar-refractivity contribution in [1.82, 2.24) is 34.5 Å². The molecule has 96 valence electrons. The zero-order valence-electron chi connectivity index (χ0n) is 10.2. The SMILES string of the molecule is Cn1cnnc1Cn1c(-c2cccnc2)n[nH]c1=S. The van der Waals surface area contributed by atoms with Gasteiger partial charge in [0.2, 0.25) is 0 Å². The van der Waals surface area contributed by atoms with Gasteiger partial charge in [-0.25, -0.2) is 0 Å². The fraction of sp³-hybridized carbons (Fsp3) is 0.182. The van der Waals surface area contributed by atoms with Crippen molar-refractivity contribution in [2.24, 2.45) is 7.05 Å². The van der Waals surface area contributed by atoms with Crippen molar-refractivity contribution in [2.75, 3.05) is 0 Å². The van der Waals surface area contributed by atoms with Crippen LogP contribution in [0.2, 0.25) is 0 Å². The van der Waals surface area contributed by atoms with Gasteiger partial charge in [-0.1, -0.05) is 0 Å². The summed E-state index contributed by atoms with van der Waals surface area (Å²) in [6.07, 6.45) is 5.12. The second-order valence-corrected chi connectivity index (χ2v) is 4.42. The molecule has 1 N–H and O–H groups in total. The highest BCUT2D eigenvalue weighted by Crippen LogP contribution is 2.16. The number of pyridine rings is 1. The molecule has 3 rings (SSSR count). The molecule has 0 aliphatic carbocycles. The monoisotopic (exact) mass is 273 g/mol. The van der Waals surface area contributed by atoms with E-state index in [0.717, 1.165) is 17.2 Å². The van der Waals surface area contributed by atoms with E-state index in [2.05, 4.69) is 25.4 Å². The Labute approximate surface area is 114 Å². The third-order valence-electron chi connectivity index (χ3n) is 2.78. The average Bonchev–Trinajstić information content (AvgIpc) is 2.99. The fourth-order valence-corrected chi connectivity index (χ4v) is 1.97. The van der Waals surface area contributed by atoms with Crippen LogP contribution < -0.4 is 0 Å². The molecule has 19 heavy (non-hydrogen) atoms. The predicted molar refractivity (Wildman–Crippen MR) is 70.7 cm³/mol. The number of hydrogen-bond acceptors (Lipinski definition) is 5. The summed E-state index contributed by atoms with van der Waals surface area (Å²) in [5.41, 5.74) is 0.900. The van der Waals surface area contributed by atoms with E-state index >= 15 is 0 Å². The number of aromatic nitrogens is 7. The fourth-order valence-electron chi connectivity index (χ4n) is 1.77. The quantitative estimate of drug-likeness (QED) is 0.725. The topological polar surface area (TPSA) is 77.2 Å². The summed E-state index contributed by atoms with van der Waals surface area (Å²) in [5, 5.41) is 15.0. The van der Waals surface area contributed by atoms with Gasteiger partial charge in [-0.15, -0.1) is 10.2 Å². The summed E-state index contributed by atoms with van der Waals surface area (Å²) >= 11 is 5.26. The van der Waals surface area contributed by atoms with Gasteiger partial charge < -0.3 is 4.57 Å². The Kier molecular flexibility index (Phi) is 2.92. The molecule has 0 atom stereocenters. The molecule has 3 aromatic heterocycles. The number of rotatable bonds is 3. The smallest absolute Gasteiger partial charge is 0.195 e. The molecular weight excluding hydrogens is 262 g/mol. The molecule has 0 radical (unpaired) electrons. The van der Waals surface area contributed by atoms with Crippen LogP contribution in [0.4, 0.5) is 0 Å². The molecular formula is C11H11N7S. The van der Waals surface area contributed by atoms with E-state index in [1.54, 1.807) is 18.7 Å². The molecule has 0 fully saturated rings. The third kappa shape index (κ3) is 2.17. The van der Waals surface area contributed by atoms with Gasteiger partial charge in [0.1, 0.15) is 6.33 Å². The highest BCUT2D eigenvalue weighted by molar-refractivity contribution is 7.71. The normalized spacial score (nSPS) is 10.8. The van der Waals surface area contributed by atoms with Crippen molar-refractivity contribution in [1.29, 1.82) is 0 Å². The second-order valence-electron chi connectivity index (χ2n) is 4.04. The summed E-state index contributed by atoms with van der Waals surface area (Å²) in [7, 11) is 1.89. The molecule has 0 aromatic carbocycles. The number of aryl methyl sites for hydroxylation is 1. The highest BCUT2D eigenvalue weighted by Gasteiger charge is 2.11. The maximum absolute atomic E-state index is 5.26. The maximum atomic E-state index is 5.26. The minimum Gasteiger partial charge on any atom is -0.319 e. The van der Waals surface area contributed by atoms with Gasteiger partial charge >= 0.3 is 0 Å². The van der Waals surface area contributed by atoms with E-state index in [4.69, 9.17) is 12.2 Å². The molecule has 0 bridgehead atoms. The zero-order valence-corrected chi connectivity index (χ0v) is 11.0. The van der Waals surface area contributed by atoms with Crippen LogP contribution >= 0.6 is 12.2 Å². The molecule has 0 aliphatic rings. The van der Waals surface area contributed by atoms with Crippen LogP contribution in [-0.4, -0.2) is 34.5 Å². The van der Waals surface area contributed by atoms with Crippen molar-refractivity contribution in [3.8, 4) is 11.4 Å². The van der Waals surface area contributed by atoms with Crippen LogP contribution in [0.3, 0.4) is 0 Å². The summed E-state index contributed by atoms with van der Waals surface area (Å²) in [4.78, 5) is 4.09. The lowest BCUT2D eigenvalue weighted by Gasteiger charge is -2.05. The van der Waals surface area contributed by atoms with E-state index in [-0.39, 0.29) is 0 Å². The lowest BCUT2D eigenvalue weighted by atomic mass is 10.3. The third-order valence-corrected chi connectivity index (χ3v) is 3.09. The van der Waals surface area contributed by atoms with Crippen LogP contribution in [0.15, 0.2) is 30.9 Å². The Bertz CT molecular complexity index is 740. The van der Waals surface area contributed by atoms with E-state index in [9.17, 15) is 0 Å². The zero-order chi connectivity index (χ0) is 13.2. The van der Waals surface area contributed by atoms with E-state index in [0.29, 0.717) is 11.3 Å². The largest absolute Gasteiger partial charge is 0.319 e. The van der Waals surface area contributed by atoms with Gasteiger partial charge in [-0.2, -0.15) is 5.10 Å². The number of hydrogen-bond donors (Lipinski definition) is 1. The van der Waals surface area contributed by atoms with Gasteiger partial charge in [0.15, 0.2) is 16.4 Å². The predicted octanol–water partition coefficient (Wildman–Crippen LogP) is 1.18. The van der Waals surface area contributed by atoms with Crippen molar-refractivity contribution < 1.29 is 0 Å². The first kappa shape index (κ1) is 11.7. The molecule has 0 unspecified atom stereocenters. The summed E-state index contributed by atoms with van der Waals surface area (Å²) in [5.74, 6) is 1.55. The molecule has 0 saturated heterocycles. The number of H-pyrrole nitrogens is 1. The molecule has 0 saturated carbocycles. The van der Waals surface area contributed by atoms with Gasteiger partial charge in [-0.05, 0) is 24.4 Å². The first-order valence-electron chi connectivity index (χ1n) is 5.64.